The van der Waals surface area contributed by atoms with Gasteiger partial charge in [-0.3, -0.25) is 4.90 Å². The number of rotatable bonds is 5. The summed E-state index contributed by atoms with van der Waals surface area (Å²) >= 11 is 0. The third-order valence-electron chi connectivity index (χ3n) is 4.87. The lowest BCUT2D eigenvalue weighted by Crippen LogP contribution is -2.55. The quantitative estimate of drug-likeness (QED) is 0.877. The summed E-state index contributed by atoms with van der Waals surface area (Å²) < 4.78 is 7.42. The molecule has 3 heterocycles. The van der Waals surface area contributed by atoms with Crippen LogP contribution in [0.4, 0.5) is 4.79 Å². The van der Waals surface area contributed by atoms with Crippen molar-refractivity contribution < 1.29 is 9.53 Å². The van der Waals surface area contributed by atoms with E-state index in [1.807, 2.05) is 22.6 Å². The molecule has 2 aliphatic heterocycles. The van der Waals surface area contributed by atoms with Gasteiger partial charge >= 0.3 is 6.03 Å². The second-order valence-electron chi connectivity index (χ2n) is 6.87. The minimum absolute atomic E-state index is 0.0700. The monoisotopic (exact) mass is 335 g/mol. The molecule has 1 aromatic heterocycles. The molecule has 24 heavy (non-hydrogen) atoms. The second kappa shape index (κ2) is 8.48. The molecule has 0 radical (unpaired) electrons. The molecule has 1 aromatic rings. The number of urea groups is 1. The van der Waals surface area contributed by atoms with Crippen molar-refractivity contribution in [3.63, 3.8) is 0 Å². The Morgan fingerprint density at radius 1 is 1.33 bits per heavy atom. The van der Waals surface area contributed by atoms with Gasteiger partial charge in [-0.05, 0) is 26.2 Å². The zero-order valence-corrected chi connectivity index (χ0v) is 14.6. The van der Waals surface area contributed by atoms with E-state index in [-0.39, 0.29) is 12.1 Å². The Morgan fingerprint density at radius 3 is 2.92 bits per heavy atom. The van der Waals surface area contributed by atoms with E-state index in [0.29, 0.717) is 6.04 Å². The highest BCUT2D eigenvalue weighted by Crippen LogP contribution is 2.19. The average Bonchev–Trinajstić information content (AvgIpc) is 3.09. The Bertz CT molecular complexity index is 501. The van der Waals surface area contributed by atoms with Gasteiger partial charge in [0.15, 0.2) is 0 Å². The minimum Gasteiger partial charge on any atom is -0.379 e. The molecule has 7 nitrogen and oxygen atoms in total. The van der Waals surface area contributed by atoms with Crippen LogP contribution in [0.25, 0.3) is 0 Å². The molecule has 0 aromatic carbocycles. The van der Waals surface area contributed by atoms with Gasteiger partial charge < -0.3 is 19.5 Å². The van der Waals surface area contributed by atoms with Gasteiger partial charge in [0.1, 0.15) is 0 Å². The Kier molecular flexibility index (Phi) is 6.09. The molecular weight excluding hydrogens is 306 g/mol. The topological polar surface area (TPSA) is 62.6 Å². The SMILES string of the molecule is C[C@H](Cn1ccnc1)NC(=O)N1CCCC[C@H]1CN1CCOCC1. The van der Waals surface area contributed by atoms with Crippen LogP contribution in [0.3, 0.4) is 0 Å². The van der Waals surface area contributed by atoms with E-state index in [9.17, 15) is 4.79 Å². The fourth-order valence-corrected chi connectivity index (χ4v) is 3.59. The summed E-state index contributed by atoms with van der Waals surface area (Å²) in [5, 5.41) is 3.15. The number of likely N-dealkylation sites (tertiary alicyclic amines) is 1. The Morgan fingerprint density at radius 2 is 2.17 bits per heavy atom. The van der Waals surface area contributed by atoms with Gasteiger partial charge in [0, 0.05) is 57.2 Å². The van der Waals surface area contributed by atoms with Crippen molar-refractivity contribution >= 4 is 6.03 Å². The van der Waals surface area contributed by atoms with Gasteiger partial charge in [0.25, 0.3) is 0 Å². The molecule has 0 spiro atoms. The van der Waals surface area contributed by atoms with E-state index in [1.165, 1.54) is 6.42 Å². The van der Waals surface area contributed by atoms with E-state index in [2.05, 4.69) is 15.2 Å². The second-order valence-corrected chi connectivity index (χ2v) is 6.87. The summed E-state index contributed by atoms with van der Waals surface area (Å²) in [7, 11) is 0. The van der Waals surface area contributed by atoms with Gasteiger partial charge in [-0.1, -0.05) is 0 Å². The lowest BCUT2D eigenvalue weighted by Gasteiger charge is -2.40. The first-order valence-corrected chi connectivity index (χ1v) is 9.05. The smallest absolute Gasteiger partial charge is 0.317 e. The predicted molar refractivity (Wildman–Crippen MR) is 91.8 cm³/mol. The molecule has 1 N–H and O–H groups in total. The van der Waals surface area contributed by atoms with Crippen LogP contribution in [-0.2, 0) is 11.3 Å². The zero-order valence-electron chi connectivity index (χ0n) is 14.6. The van der Waals surface area contributed by atoms with Crippen molar-refractivity contribution in [2.75, 3.05) is 39.4 Å². The van der Waals surface area contributed by atoms with Gasteiger partial charge in [0.2, 0.25) is 0 Å². The predicted octanol–water partition coefficient (Wildman–Crippen LogP) is 1.17. The zero-order chi connectivity index (χ0) is 16.8. The molecule has 7 heteroatoms. The highest BCUT2D eigenvalue weighted by atomic mass is 16.5. The van der Waals surface area contributed by atoms with Gasteiger partial charge in [-0.25, -0.2) is 9.78 Å². The number of nitrogens with zero attached hydrogens (tertiary/aromatic N) is 4. The van der Waals surface area contributed by atoms with Crippen LogP contribution < -0.4 is 5.32 Å². The van der Waals surface area contributed by atoms with E-state index < -0.39 is 0 Å². The summed E-state index contributed by atoms with van der Waals surface area (Å²) in [6, 6.07) is 0.468. The van der Waals surface area contributed by atoms with Crippen LogP contribution in [0, 0.1) is 0 Å². The van der Waals surface area contributed by atoms with Crippen molar-refractivity contribution in [1.29, 1.82) is 0 Å². The molecule has 2 saturated heterocycles. The number of ether oxygens (including phenoxy) is 1. The van der Waals surface area contributed by atoms with Crippen LogP contribution in [0.2, 0.25) is 0 Å². The maximum atomic E-state index is 12.7. The number of carbonyl (C=O) groups is 1. The average molecular weight is 335 g/mol. The summed E-state index contributed by atoms with van der Waals surface area (Å²) in [4.78, 5) is 21.3. The maximum Gasteiger partial charge on any atom is 0.317 e. The summed E-state index contributed by atoms with van der Waals surface area (Å²) in [5.74, 6) is 0. The minimum atomic E-state index is 0.0700. The van der Waals surface area contributed by atoms with Crippen LogP contribution in [-0.4, -0.2) is 76.9 Å². The number of hydrogen-bond donors (Lipinski definition) is 1. The lowest BCUT2D eigenvalue weighted by atomic mass is 10.0. The van der Waals surface area contributed by atoms with Crippen LogP contribution in [0.5, 0.6) is 0 Å². The molecule has 2 fully saturated rings. The maximum absolute atomic E-state index is 12.7. The van der Waals surface area contributed by atoms with E-state index in [1.54, 1.807) is 12.5 Å². The van der Waals surface area contributed by atoms with Crippen molar-refractivity contribution in [2.45, 2.75) is 44.8 Å². The number of aromatic nitrogens is 2. The van der Waals surface area contributed by atoms with Crippen LogP contribution in [0.1, 0.15) is 26.2 Å². The van der Waals surface area contributed by atoms with E-state index in [4.69, 9.17) is 4.74 Å². The molecule has 0 bridgehead atoms. The molecule has 2 aliphatic rings. The normalized spacial score (nSPS) is 23.9. The largest absolute Gasteiger partial charge is 0.379 e. The number of carbonyl (C=O) groups excluding carboxylic acids is 1. The van der Waals surface area contributed by atoms with Crippen LogP contribution >= 0.6 is 0 Å². The lowest BCUT2D eigenvalue weighted by molar-refractivity contribution is 0.0220. The van der Waals surface area contributed by atoms with E-state index >= 15 is 0 Å². The summed E-state index contributed by atoms with van der Waals surface area (Å²) in [5.41, 5.74) is 0. The van der Waals surface area contributed by atoms with Gasteiger partial charge in [-0.15, -0.1) is 0 Å². The molecule has 0 saturated carbocycles. The summed E-state index contributed by atoms with van der Waals surface area (Å²) in [6.07, 6.45) is 8.88. The number of morpholine rings is 1. The third kappa shape index (κ3) is 4.70. The highest BCUT2D eigenvalue weighted by Gasteiger charge is 2.29. The molecule has 2 atom stereocenters. The van der Waals surface area contributed by atoms with Crippen molar-refractivity contribution in [3.8, 4) is 0 Å². The molecule has 134 valence electrons. The van der Waals surface area contributed by atoms with Crippen molar-refractivity contribution in [2.24, 2.45) is 0 Å². The number of amides is 2. The van der Waals surface area contributed by atoms with E-state index in [0.717, 1.165) is 58.8 Å². The van der Waals surface area contributed by atoms with Crippen LogP contribution in [0.15, 0.2) is 18.7 Å². The number of hydrogen-bond acceptors (Lipinski definition) is 4. The van der Waals surface area contributed by atoms with Gasteiger partial charge in [0.05, 0.1) is 19.5 Å². The first-order chi connectivity index (χ1) is 11.7. The molecular formula is C17H29N5O2. The number of imidazole rings is 1. The van der Waals surface area contributed by atoms with Crippen molar-refractivity contribution in [3.05, 3.63) is 18.7 Å². The Hall–Kier alpha value is -1.60. The molecule has 2 amide bonds. The fourth-order valence-electron chi connectivity index (χ4n) is 3.59. The fraction of sp³-hybridized carbons (Fsp3) is 0.765. The summed E-state index contributed by atoms with van der Waals surface area (Å²) in [6.45, 7) is 8.17. The highest BCUT2D eigenvalue weighted by molar-refractivity contribution is 5.75. The standard InChI is InChI=1S/C17H29N5O2/c1-15(12-21-7-5-18-14-21)19-17(23)22-6-3-2-4-16(22)13-20-8-10-24-11-9-20/h5,7,14-16H,2-4,6,8-13H2,1H3,(H,19,23)/t15-,16+/m1/s1. The molecule has 0 unspecified atom stereocenters. The first kappa shape index (κ1) is 17.2. The third-order valence-corrected chi connectivity index (χ3v) is 4.87. The Balaban J connectivity index is 1.52. The molecule has 0 aliphatic carbocycles. The Labute approximate surface area is 144 Å². The van der Waals surface area contributed by atoms with Gasteiger partial charge in [-0.2, -0.15) is 0 Å². The first-order valence-electron chi connectivity index (χ1n) is 9.05. The van der Waals surface area contributed by atoms with Crippen molar-refractivity contribution in [1.82, 2.24) is 24.7 Å². The number of piperidine rings is 1. The number of nitrogens with one attached hydrogen (secondary N) is 1. The molecule has 3 rings (SSSR count).